The number of likely N-dealkylation sites (tertiary alicyclic amines) is 1. The minimum absolute atomic E-state index is 0.0581. The highest BCUT2D eigenvalue weighted by Crippen LogP contribution is 2.27. The van der Waals surface area contributed by atoms with Crippen molar-refractivity contribution in [3.05, 3.63) is 23.8 Å². The summed E-state index contributed by atoms with van der Waals surface area (Å²) in [5, 5.41) is 5.48. The first-order valence-corrected chi connectivity index (χ1v) is 10.8. The lowest BCUT2D eigenvalue weighted by Gasteiger charge is -2.32. The molecule has 0 aromatic heterocycles. The van der Waals surface area contributed by atoms with Crippen molar-refractivity contribution in [2.24, 2.45) is 5.92 Å². The molecule has 1 aliphatic heterocycles. The van der Waals surface area contributed by atoms with Crippen LogP contribution in [0.5, 0.6) is 11.5 Å². The predicted octanol–water partition coefficient (Wildman–Crippen LogP) is 2.13. The van der Waals surface area contributed by atoms with Gasteiger partial charge in [0.05, 0.1) is 20.6 Å². The molecule has 0 unspecified atom stereocenters. The number of alkyl carbamates (subject to hydrolysis) is 1. The van der Waals surface area contributed by atoms with E-state index < -0.39 is 11.7 Å². The Kier molecular flexibility index (Phi) is 9.16. The highest BCUT2D eigenvalue weighted by Gasteiger charge is 2.24. The Morgan fingerprint density at radius 2 is 1.69 bits per heavy atom. The second-order valence-corrected chi connectivity index (χ2v) is 8.85. The number of hydrogen-bond acceptors (Lipinski definition) is 6. The average Bonchev–Trinajstić information content (AvgIpc) is 2.75. The summed E-state index contributed by atoms with van der Waals surface area (Å²) in [5.41, 5.74) is 0.244. The maximum absolute atomic E-state index is 12.3. The zero-order valence-electron chi connectivity index (χ0n) is 19.7. The summed E-state index contributed by atoms with van der Waals surface area (Å²) < 4.78 is 15.6. The lowest BCUT2D eigenvalue weighted by Crippen LogP contribution is -2.46. The molecule has 1 saturated heterocycles. The number of methoxy groups -OCH3 is 2. The summed E-state index contributed by atoms with van der Waals surface area (Å²) in [6, 6.07) is 5.43. The van der Waals surface area contributed by atoms with Gasteiger partial charge in [0, 0.05) is 19.6 Å². The lowest BCUT2D eigenvalue weighted by atomic mass is 9.96. The van der Waals surface area contributed by atoms with Crippen LogP contribution in [-0.2, 0) is 20.7 Å². The van der Waals surface area contributed by atoms with Crippen molar-refractivity contribution in [1.82, 2.24) is 15.5 Å². The van der Waals surface area contributed by atoms with E-state index in [1.54, 1.807) is 52.0 Å². The van der Waals surface area contributed by atoms with E-state index in [1.807, 2.05) is 6.07 Å². The highest BCUT2D eigenvalue weighted by molar-refractivity contribution is 5.82. The minimum atomic E-state index is -0.602. The molecule has 1 aromatic rings. The van der Waals surface area contributed by atoms with Gasteiger partial charge in [0.2, 0.25) is 11.8 Å². The Balaban J connectivity index is 1.69. The molecule has 0 spiro atoms. The molecule has 9 nitrogen and oxygen atoms in total. The Labute approximate surface area is 189 Å². The van der Waals surface area contributed by atoms with E-state index in [1.165, 1.54) is 0 Å². The van der Waals surface area contributed by atoms with Crippen LogP contribution in [0.1, 0.15) is 39.2 Å². The van der Waals surface area contributed by atoms with Gasteiger partial charge in [0.15, 0.2) is 11.5 Å². The van der Waals surface area contributed by atoms with Crippen molar-refractivity contribution in [3.8, 4) is 11.5 Å². The van der Waals surface area contributed by atoms with E-state index in [2.05, 4.69) is 10.6 Å². The van der Waals surface area contributed by atoms with Gasteiger partial charge in [-0.1, -0.05) is 6.07 Å². The monoisotopic (exact) mass is 449 g/mol. The Morgan fingerprint density at radius 1 is 1.03 bits per heavy atom. The number of nitrogens with zero attached hydrogens (tertiary/aromatic N) is 1. The first-order chi connectivity index (χ1) is 15.1. The summed E-state index contributed by atoms with van der Waals surface area (Å²) >= 11 is 0. The van der Waals surface area contributed by atoms with Gasteiger partial charge in [0.25, 0.3) is 0 Å². The molecule has 0 atom stereocenters. The number of carbonyl (C=O) groups is 3. The maximum atomic E-state index is 12.3. The molecule has 178 valence electrons. The van der Waals surface area contributed by atoms with Crippen LogP contribution in [0.3, 0.4) is 0 Å². The third-order valence-corrected chi connectivity index (χ3v) is 5.15. The van der Waals surface area contributed by atoms with Gasteiger partial charge < -0.3 is 29.7 Å². The molecule has 9 heteroatoms. The van der Waals surface area contributed by atoms with Crippen LogP contribution in [0.2, 0.25) is 0 Å². The van der Waals surface area contributed by atoms with Gasteiger partial charge >= 0.3 is 6.09 Å². The van der Waals surface area contributed by atoms with Crippen molar-refractivity contribution in [2.45, 2.75) is 45.6 Å². The average molecular weight is 450 g/mol. The molecular weight excluding hydrogens is 414 g/mol. The molecule has 1 aliphatic rings. The van der Waals surface area contributed by atoms with Crippen LogP contribution in [0, 0.1) is 5.92 Å². The molecule has 32 heavy (non-hydrogen) atoms. The van der Waals surface area contributed by atoms with Crippen LogP contribution in [0.25, 0.3) is 0 Å². The molecule has 1 fully saturated rings. The van der Waals surface area contributed by atoms with Crippen LogP contribution in [0.15, 0.2) is 18.2 Å². The minimum Gasteiger partial charge on any atom is -0.493 e. The van der Waals surface area contributed by atoms with Crippen LogP contribution in [0.4, 0.5) is 4.79 Å². The molecule has 0 bridgehead atoms. The summed E-state index contributed by atoms with van der Waals surface area (Å²) in [5.74, 6) is 1.34. The van der Waals surface area contributed by atoms with Crippen molar-refractivity contribution in [3.63, 3.8) is 0 Å². The van der Waals surface area contributed by atoms with Crippen molar-refractivity contribution >= 4 is 17.9 Å². The van der Waals surface area contributed by atoms with Crippen molar-refractivity contribution < 1.29 is 28.6 Å². The van der Waals surface area contributed by atoms with Gasteiger partial charge in [-0.15, -0.1) is 0 Å². The number of piperidine rings is 1. The number of nitrogens with one attached hydrogen (secondary N) is 2. The van der Waals surface area contributed by atoms with E-state index in [0.717, 1.165) is 18.4 Å². The predicted molar refractivity (Wildman–Crippen MR) is 120 cm³/mol. The third kappa shape index (κ3) is 8.28. The fourth-order valence-corrected chi connectivity index (χ4v) is 3.46. The number of ether oxygens (including phenoxy) is 3. The third-order valence-electron chi connectivity index (χ3n) is 5.15. The van der Waals surface area contributed by atoms with E-state index in [4.69, 9.17) is 14.2 Å². The molecule has 0 radical (unpaired) electrons. The number of amides is 3. The molecule has 1 heterocycles. The second kappa shape index (κ2) is 11.6. The molecule has 2 N–H and O–H groups in total. The molecule has 0 aliphatic carbocycles. The lowest BCUT2D eigenvalue weighted by molar-refractivity contribution is -0.131. The largest absolute Gasteiger partial charge is 0.493 e. The summed E-state index contributed by atoms with van der Waals surface area (Å²) in [7, 11) is 3.13. The number of rotatable bonds is 8. The zero-order chi connectivity index (χ0) is 23.7. The quantitative estimate of drug-likeness (QED) is 0.630. The van der Waals surface area contributed by atoms with Crippen molar-refractivity contribution in [2.75, 3.05) is 40.4 Å². The second-order valence-electron chi connectivity index (χ2n) is 8.85. The number of hydrogen-bond donors (Lipinski definition) is 2. The van der Waals surface area contributed by atoms with Crippen LogP contribution in [-0.4, -0.2) is 68.8 Å². The fourth-order valence-electron chi connectivity index (χ4n) is 3.46. The van der Waals surface area contributed by atoms with Gasteiger partial charge in [0.1, 0.15) is 12.1 Å². The molecular formula is C23H35N3O6. The van der Waals surface area contributed by atoms with Crippen molar-refractivity contribution in [1.29, 1.82) is 0 Å². The standard InChI is InChI=1S/C23H35N3O6/c1-23(2,3)32-22(29)25-15-21(28)26-10-8-16(9-11-26)14-24-20(27)13-17-6-7-18(30-4)19(12-17)31-5/h6-7,12,16H,8-11,13-15H2,1-5H3,(H,24,27)(H,25,29). The summed E-state index contributed by atoms with van der Waals surface area (Å²) in [6.07, 6.45) is 1.26. The van der Waals surface area contributed by atoms with Gasteiger partial charge in [-0.05, 0) is 57.2 Å². The van der Waals surface area contributed by atoms with Crippen LogP contribution >= 0.6 is 0 Å². The Morgan fingerprint density at radius 3 is 2.28 bits per heavy atom. The van der Waals surface area contributed by atoms with Crippen LogP contribution < -0.4 is 20.1 Å². The smallest absolute Gasteiger partial charge is 0.408 e. The maximum Gasteiger partial charge on any atom is 0.408 e. The molecule has 0 saturated carbocycles. The topological polar surface area (TPSA) is 106 Å². The van der Waals surface area contributed by atoms with Gasteiger partial charge in [-0.25, -0.2) is 4.79 Å². The molecule has 2 rings (SSSR count). The Bertz CT molecular complexity index is 797. The van der Waals surface area contributed by atoms with Gasteiger partial charge in [-0.3, -0.25) is 9.59 Å². The SMILES string of the molecule is COc1ccc(CC(=O)NCC2CCN(C(=O)CNC(=O)OC(C)(C)C)CC2)cc1OC. The van der Waals surface area contributed by atoms with E-state index in [-0.39, 0.29) is 24.8 Å². The van der Waals surface area contributed by atoms with E-state index in [9.17, 15) is 14.4 Å². The first kappa shape index (κ1) is 25.3. The first-order valence-electron chi connectivity index (χ1n) is 10.8. The molecule has 3 amide bonds. The zero-order valence-corrected chi connectivity index (χ0v) is 19.7. The number of carbonyl (C=O) groups excluding carboxylic acids is 3. The number of benzene rings is 1. The van der Waals surface area contributed by atoms with Gasteiger partial charge in [-0.2, -0.15) is 0 Å². The summed E-state index contributed by atoms with van der Waals surface area (Å²) in [6.45, 7) is 7.01. The molecule has 1 aromatic carbocycles. The highest BCUT2D eigenvalue weighted by atomic mass is 16.6. The Hall–Kier alpha value is -2.97. The summed E-state index contributed by atoms with van der Waals surface area (Å²) in [4.78, 5) is 38.1. The fraction of sp³-hybridized carbons (Fsp3) is 0.609. The normalized spacial score (nSPS) is 14.5. The van der Waals surface area contributed by atoms with E-state index >= 15 is 0 Å². The van der Waals surface area contributed by atoms with E-state index in [0.29, 0.717) is 37.1 Å².